The van der Waals surface area contributed by atoms with Gasteiger partial charge >= 0.3 is 0 Å². The molecule has 3 nitrogen and oxygen atoms in total. The van der Waals surface area contributed by atoms with Gasteiger partial charge in [-0.05, 0) is 36.1 Å². The lowest BCUT2D eigenvalue weighted by Crippen LogP contribution is -2.24. The summed E-state index contributed by atoms with van der Waals surface area (Å²) in [5, 5.41) is 4.51. The number of thioether (sulfide) groups is 1. The normalized spacial score (nSPS) is 20.3. The Morgan fingerprint density at radius 1 is 1.08 bits per heavy atom. The molecule has 4 rings (SSSR count). The Bertz CT molecular complexity index is 714. The van der Waals surface area contributed by atoms with Crippen LogP contribution in [0.5, 0.6) is 0 Å². The third kappa shape index (κ3) is 3.65. The van der Waals surface area contributed by atoms with Crippen molar-refractivity contribution in [2.45, 2.75) is 18.9 Å². The van der Waals surface area contributed by atoms with E-state index in [9.17, 15) is 0 Å². The van der Waals surface area contributed by atoms with Crippen LogP contribution in [0.4, 0.5) is 5.69 Å². The number of nitrogens with one attached hydrogen (secondary N) is 1. The third-order valence-electron chi connectivity index (χ3n) is 4.84. The number of hydrogen-bond donors (Lipinski definition) is 1. The number of amidine groups is 1. The van der Waals surface area contributed by atoms with Crippen LogP contribution < -0.4 is 5.32 Å². The van der Waals surface area contributed by atoms with Crippen molar-refractivity contribution in [2.24, 2.45) is 4.99 Å². The molecule has 124 valence electrons. The zero-order valence-corrected chi connectivity index (χ0v) is 14.6. The minimum atomic E-state index is 0.702. The molecule has 1 N–H and O–H groups in total. The van der Waals surface area contributed by atoms with E-state index < -0.39 is 0 Å². The van der Waals surface area contributed by atoms with Crippen LogP contribution in [0.1, 0.15) is 23.5 Å². The molecule has 1 atom stereocenters. The van der Waals surface area contributed by atoms with E-state index in [1.54, 1.807) is 0 Å². The fraction of sp³-hybridized carbons (Fsp3) is 0.350. The molecule has 4 heteroatoms. The molecule has 24 heavy (non-hydrogen) atoms. The molecule has 1 fully saturated rings. The molecule has 0 saturated carbocycles. The van der Waals surface area contributed by atoms with Crippen molar-refractivity contribution in [1.29, 1.82) is 0 Å². The number of benzene rings is 2. The molecule has 0 aromatic heterocycles. The molecule has 2 aromatic rings. The largest absolute Gasteiger partial charge is 0.335 e. The van der Waals surface area contributed by atoms with Gasteiger partial charge in [-0.25, -0.2) is 0 Å². The number of nitrogens with zero attached hydrogens (tertiary/aromatic N) is 2. The van der Waals surface area contributed by atoms with Crippen LogP contribution in [0, 0.1) is 0 Å². The van der Waals surface area contributed by atoms with E-state index in [-0.39, 0.29) is 0 Å². The highest BCUT2D eigenvalue weighted by Gasteiger charge is 2.23. The highest BCUT2D eigenvalue weighted by Crippen LogP contribution is 2.27. The summed E-state index contributed by atoms with van der Waals surface area (Å²) in [6.07, 6.45) is 1.28. The predicted molar refractivity (Wildman–Crippen MR) is 104 cm³/mol. The molecule has 0 radical (unpaired) electrons. The standard InChI is InChI=1S/C20H23N3S/c1-2-6-16(7-3-1)18-10-11-23(15-18)12-13-24-20-21-14-17-8-4-5-9-19(17)22-20/h1-9,18H,10-15H2,(H,21,22). The third-order valence-corrected chi connectivity index (χ3v) is 5.73. The molecular formula is C20H23N3S. The fourth-order valence-corrected chi connectivity index (χ4v) is 4.36. The Kier molecular flexibility index (Phi) is 4.86. The average Bonchev–Trinajstić information content (AvgIpc) is 3.11. The molecule has 2 aliphatic rings. The first kappa shape index (κ1) is 15.7. The number of hydrogen-bond acceptors (Lipinski definition) is 4. The van der Waals surface area contributed by atoms with Gasteiger partial charge in [0.25, 0.3) is 0 Å². The van der Waals surface area contributed by atoms with Gasteiger partial charge < -0.3 is 10.2 Å². The van der Waals surface area contributed by atoms with Crippen molar-refractivity contribution in [3.63, 3.8) is 0 Å². The molecule has 1 unspecified atom stereocenters. The Labute approximate surface area is 148 Å². The summed E-state index contributed by atoms with van der Waals surface area (Å²) < 4.78 is 0. The lowest BCUT2D eigenvalue weighted by Gasteiger charge is -2.19. The number of aliphatic imine (C=N–C) groups is 1. The van der Waals surface area contributed by atoms with Crippen LogP contribution in [0.15, 0.2) is 59.6 Å². The van der Waals surface area contributed by atoms with Gasteiger partial charge in [0.15, 0.2) is 5.17 Å². The maximum atomic E-state index is 4.65. The molecule has 0 amide bonds. The van der Waals surface area contributed by atoms with Crippen LogP contribution in [0.2, 0.25) is 0 Å². The fourth-order valence-electron chi connectivity index (χ4n) is 3.48. The Morgan fingerprint density at radius 3 is 2.83 bits per heavy atom. The number of rotatable bonds is 4. The average molecular weight is 337 g/mol. The van der Waals surface area contributed by atoms with Gasteiger partial charge in [0.1, 0.15) is 0 Å². The molecule has 1 saturated heterocycles. The lowest BCUT2D eigenvalue weighted by atomic mass is 9.99. The van der Waals surface area contributed by atoms with Gasteiger partial charge in [-0.1, -0.05) is 60.3 Å². The highest BCUT2D eigenvalue weighted by atomic mass is 32.2. The van der Waals surface area contributed by atoms with Crippen molar-refractivity contribution in [2.75, 3.05) is 30.7 Å². The first-order valence-electron chi connectivity index (χ1n) is 8.68. The summed E-state index contributed by atoms with van der Waals surface area (Å²) in [6, 6.07) is 19.4. The Morgan fingerprint density at radius 2 is 1.92 bits per heavy atom. The first-order chi connectivity index (χ1) is 11.9. The number of anilines is 1. The van der Waals surface area contributed by atoms with Crippen molar-refractivity contribution in [1.82, 2.24) is 4.90 Å². The number of fused-ring (bicyclic) bond motifs is 1. The van der Waals surface area contributed by atoms with E-state index in [0.29, 0.717) is 5.92 Å². The monoisotopic (exact) mass is 337 g/mol. The van der Waals surface area contributed by atoms with E-state index >= 15 is 0 Å². The first-order valence-corrected chi connectivity index (χ1v) is 9.66. The van der Waals surface area contributed by atoms with Crippen LogP contribution in [0.3, 0.4) is 0 Å². The minimum absolute atomic E-state index is 0.702. The summed E-state index contributed by atoms with van der Waals surface area (Å²) in [6.45, 7) is 4.33. The molecule has 2 heterocycles. The van der Waals surface area contributed by atoms with Gasteiger partial charge in [-0.2, -0.15) is 0 Å². The second-order valence-electron chi connectivity index (χ2n) is 6.45. The summed E-state index contributed by atoms with van der Waals surface area (Å²) in [5.74, 6) is 1.79. The smallest absolute Gasteiger partial charge is 0.161 e. The highest BCUT2D eigenvalue weighted by molar-refractivity contribution is 8.14. The Hall–Kier alpha value is -1.78. The van der Waals surface area contributed by atoms with Crippen LogP contribution >= 0.6 is 11.8 Å². The summed E-state index contributed by atoms with van der Waals surface area (Å²) in [7, 11) is 0. The summed E-state index contributed by atoms with van der Waals surface area (Å²) >= 11 is 1.84. The SMILES string of the molecule is c1ccc(C2CCN(CCSC3=NCc4ccccc4N3)C2)cc1. The molecule has 2 aliphatic heterocycles. The van der Waals surface area contributed by atoms with E-state index in [4.69, 9.17) is 0 Å². The van der Waals surface area contributed by atoms with Gasteiger partial charge in [-0.3, -0.25) is 4.99 Å². The van der Waals surface area contributed by atoms with Gasteiger partial charge in [-0.15, -0.1) is 0 Å². The van der Waals surface area contributed by atoms with Crippen molar-refractivity contribution >= 4 is 22.6 Å². The van der Waals surface area contributed by atoms with E-state index in [0.717, 1.165) is 24.0 Å². The molecule has 0 aliphatic carbocycles. The summed E-state index contributed by atoms with van der Waals surface area (Å²) in [4.78, 5) is 7.23. The quantitative estimate of drug-likeness (QED) is 0.906. The lowest BCUT2D eigenvalue weighted by molar-refractivity contribution is 0.357. The molecule has 0 bridgehead atoms. The summed E-state index contributed by atoms with van der Waals surface area (Å²) in [5.41, 5.74) is 3.98. The maximum Gasteiger partial charge on any atom is 0.161 e. The van der Waals surface area contributed by atoms with Crippen molar-refractivity contribution < 1.29 is 0 Å². The zero-order valence-electron chi connectivity index (χ0n) is 13.8. The predicted octanol–water partition coefficient (Wildman–Crippen LogP) is 4.19. The van der Waals surface area contributed by atoms with Crippen LogP contribution in [-0.4, -0.2) is 35.5 Å². The van der Waals surface area contributed by atoms with Crippen molar-refractivity contribution in [3.8, 4) is 0 Å². The minimum Gasteiger partial charge on any atom is -0.335 e. The second kappa shape index (κ2) is 7.41. The van der Waals surface area contributed by atoms with E-state index in [1.807, 2.05) is 11.8 Å². The molecule has 2 aromatic carbocycles. The second-order valence-corrected chi connectivity index (χ2v) is 7.53. The van der Waals surface area contributed by atoms with Gasteiger partial charge in [0.05, 0.1) is 6.54 Å². The van der Waals surface area contributed by atoms with E-state index in [1.165, 1.54) is 36.3 Å². The zero-order chi connectivity index (χ0) is 16.2. The molecular weight excluding hydrogens is 314 g/mol. The molecule has 0 spiro atoms. The van der Waals surface area contributed by atoms with Crippen molar-refractivity contribution in [3.05, 3.63) is 65.7 Å². The van der Waals surface area contributed by atoms with E-state index in [2.05, 4.69) is 69.8 Å². The maximum absolute atomic E-state index is 4.65. The van der Waals surface area contributed by atoms with Crippen LogP contribution in [-0.2, 0) is 6.54 Å². The number of para-hydroxylation sites is 1. The van der Waals surface area contributed by atoms with Gasteiger partial charge in [0, 0.05) is 24.5 Å². The topological polar surface area (TPSA) is 27.6 Å². The Balaban J connectivity index is 1.24. The number of likely N-dealkylation sites (tertiary alicyclic amines) is 1. The van der Waals surface area contributed by atoms with Crippen LogP contribution in [0.25, 0.3) is 0 Å². The van der Waals surface area contributed by atoms with Gasteiger partial charge in [0.2, 0.25) is 0 Å².